The fourth-order valence-electron chi connectivity index (χ4n) is 1.48. The van der Waals surface area contributed by atoms with Crippen LogP contribution in [0.25, 0.3) is 0 Å². The van der Waals surface area contributed by atoms with E-state index < -0.39 is 0 Å². The smallest absolute Gasteiger partial charge is 0.217 e. The van der Waals surface area contributed by atoms with Crippen molar-refractivity contribution in [1.29, 1.82) is 0 Å². The zero-order valence-corrected chi connectivity index (χ0v) is 10.6. The highest BCUT2D eigenvalue weighted by Crippen LogP contribution is 2.21. The van der Waals surface area contributed by atoms with Crippen molar-refractivity contribution in [2.24, 2.45) is 5.73 Å². The van der Waals surface area contributed by atoms with Gasteiger partial charge in [-0.05, 0) is 12.8 Å². The minimum Gasteiger partial charge on any atom is -0.370 e. The molecule has 5 nitrogen and oxygen atoms in total. The maximum Gasteiger partial charge on any atom is 0.217 e. The Balaban J connectivity index is 2.57. The van der Waals surface area contributed by atoms with E-state index in [1.165, 1.54) is 6.33 Å². The zero-order chi connectivity index (χ0) is 12.7. The van der Waals surface area contributed by atoms with Crippen LogP contribution in [0.3, 0.4) is 0 Å². The van der Waals surface area contributed by atoms with Gasteiger partial charge in [0.1, 0.15) is 17.3 Å². The summed E-state index contributed by atoms with van der Waals surface area (Å²) < 4.78 is 0. The van der Waals surface area contributed by atoms with Gasteiger partial charge in [-0.3, -0.25) is 4.79 Å². The first-order valence-corrected chi connectivity index (χ1v) is 6.04. The second kappa shape index (κ2) is 7.06. The lowest BCUT2D eigenvalue weighted by molar-refractivity contribution is -0.118. The average molecular weight is 257 g/mol. The molecule has 0 radical (unpaired) electrons. The monoisotopic (exact) mass is 256 g/mol. The molecule has 0 spiro atoms. The van der Waals surface area contributed by atoms with Gasteiger partial charge in [0, 0.05) is 18.5 Å². The number of nitrogens with two attached hydrogens (primary N) is 1. The van der Waals surface area contributed by atoms with Crippen LogP contribution in [0.1, 0.15) is 31.7 Å². The van der Waals surface area contributed by atoms with Gasteiger partial charge in [-0.1, -0.05) is 24.9 Å². The molecule has 0 fully saturated rings. The maximum absolute atomic E-state index is 10.6. The number of primary amides is 1. The van der Waals surface area contributed by atoms with Crippen molar-refractivity contribution in [1.82, 2.24) is 9.97 Å². The van der Waals surface area contributed by atoms with Crippen LogP contribution in [-0.2, 0) is 11.2 Å². The van der Waals surface area contributed by atoms with Crippen LogP contribution in [-0.4, -0.2) is 22.4 Å². The Morgan fingerprint density at radius 1 is 1.53 bits per heavy atom. The predicted molar refractivity (Wildman–Crippen MR) is 68.0 cm³/mol. The number of halogens is 1. The van der Waals surface area contributed by atoms with Crippen LogP contribution >= 0.6 is 11.6 Å². The molecule has 0 aliphatic carbocycles. The van der Waals surface area contributed by atoms with Gasteiger partial charge >= 0.3 is 0 Å². The quantitative estimate of drug-likeness (QED) is 0.575. The zero-order valence-electron chi connectivity index (χ0n) is 9.87. The standard InChI is InChI=1S/C11H17ClN4O/c1-2-4-8-10(12)15-7-16-11(8)14-6-3-5-9(13)17/h7H,2-6H2,1H3,(H2,13,17)(H,14,15,16). The highest BCUT2D eigenvalue weighted by atomic mass is 35.5. The van der Waals surface area contributed by atoms with Gasteiger partial charge in [0.2, 0.25) is 5.91 Å². The Hall–Kier alpha value is -1.36. The number of rotatable bonds is 7. The van der Waals surface area contributed by atoms with Crippen LogP contribution in [0.4, 0.5) is 5.82 Å². The number of hydrogen-bond donors (Lipinski definition) is 2. The van der Waals surface area contributed by atoms with Gasteiger partial charge in [-0.15, -0.1) is 0 Å². The summed E-state index contributed by atoms with van der Waals surface area (Å²) in [6.07, 6.45) is 4.29. The molecule has 0 aromatic carbocycles. The second-order valence-electron chi connectivity index (χ2n) is 3.74. The van der Waals surface area contributed by atoms with E-state index in [-0.39, 0.29) is 5.91 Å². The molecule has 94 valence electrons. The Kier molecular flexibility index (Phi) is 5.69. The first kappa shape index (κ1) is 13.7. The average Bonchev–Trinajstić information content (AvgIpc) is 2.28. The van der Waals surface area contributed by atoms with E-state index in [9.17, 15) is 4.79 Å². The summed E-state index contributed by atoms with van der Waals surface area (Å²) in [7, 11) is 0. The molecule has 0 atom stereocenters. The summed E-state index contributed by atoms with van der Waals surface area (Å²) in [5.74, 6) is 0.456. The molecule has 3 N–H and O–H groups in total. The van der Waals surface area contributed by atoms with Crippen LogP contribution < -0.4 is 11.1 Å². The van der Waals surface area contributed by atoms with Crippen LogP contribution in [0.5, 0.6) is 0 Å². The number of amides is 1. The van der Waals surface area contributed by atoms with Crippen molar-refractivity contribution in [2.75, 3.05) is 11.9 Å². The van der Waals surface area contributed by atoms with Gasteiger partial charge in [-0.25, -0.2) is 9.97 Å². The van der Waals surface area contributed by atoms with E-state index in [0.717, 1.165) is 24.2 Å². The van der Waals surface area contributed by atoms with Gasteiger partial charge in [0.05, 0.1) is 0 Å². The third-order valence-electron chi connectivity index (χ3n) is 2.29. The fourth-order valence-corrected chi connectivity index (χ4v) is 1.71. The van der Waals surface area contributed by atoms with Crippen LogP contribution in [0, 0.1) is 0 Å². The molecule has 1 aromatic rings. The molecule has 0 bridgehead atoms. The molecule has 1 amide bonds. The minimum atomic E-state index is -0.290. The molecule has 1 rings (SSSR count). The first-order chi connectivity index (χ1) is 8.15. The maximum atomic E-state index is 10.6. The molecule has 0 saturated heterocycles. The summed E-state index contributed by atoms with van der Waals surface area (Å²) in [5, 5.41) is 3.64. The summed E-state index contributed by atoms with van der Waals surface area (Å²) >= 11 is 6.01. The lowest BCUT2D eigenvalue weighted by Crippen LogP contribution is -2.13. The summed E-state index contributed by atoms with van der Waals surface area (Å²) in [6.45, 7) is 2.72. The Bertz CT molecular complexity index is 384. The fraction of sp³-hybridized carbons (Fsp3) is 0.545. The van der Waals surface area contributed by atoms with Crippen molar-refractivity contribution in [3.63, 3.8) is 0 Å². The van der Waals surface area contributed by atoms with E-state index in [1.54, 1.807) is 0 Å². The van der Waals surface area contributed by atoms with Crippen molar-refractivity contribution >= 4 is 23.3 Å². The van der Waals surface area contributed by atoms with Gasteiger partial charge < -0.3 is 11.1 Å². The van der Waals surface area contributed by atoms with Crippen molar-refractivity contribution in [2.45, 2.75) is 32.6 Å². The van der Waals surface area contributed by atoms with E-state index in [0.29, 0.717) is 24.5 Å². The lowest BCUT2D eigenvalue weighted by Gasteiger charge is -2.10. The molecule has 0 aliphatic rings. The second-order valence-corrected chi connectivity index (χ2v) is 4.10. The number of hydrogen-bond acceptors (Lipinski definition) is 4. The Morgan fingerprint density at radius 2 is 2.29 bits per heavy atom. The minimum absolute atomic E-state index is 0.290. The van der Waals surface area contributed by atoms with E-state index in [2.05, 4.69) is 22.2 Å². The number of carbonyl (C=O) groups is 1. The summed E-state index contributed by atoms with van der Waals surface area (Å²) in [5.41, 5.74) is 5.99. The number of nitrogens with zero attached hydrogens (tertiary/aromatic N) is 2. The van der Waals surface area contributed by atoms with Crippen molar-refractivity contribution < 1.29 is 4.79 Å². The van der Waals surface area contributed by atoms with Crippen LogP contribution in [0.15, 0.2) is 6.33 Å². The number of aromatic nitrogens is 2. The van der Waals surface area contributed by atoms with E-state index in [1.807, 2.05) is 0 Å². The van der Waals surface area contributed by atoms with Gasteiger partial charge in [-0.2, -0.15) is 0 Å². The molecule has 1 aromatic heterocycles. The normalized spacial score (nSPS) is 10.2. The summed E-state index contributed by atoms with van der Waals surface area (Å²) in [6, 6.07) is 0. The largest absolute Gasteiger partial charge is 0.370 e. The first-order valence-electron chi connectivity index (χ1n) is 5.66. The molecule has 17 heavy (non-hydrogen) atoms. The summed E-state index contributed by atoms with van der Waals surface area (Å²) in [4.78, 5) is 18.7. The third-order valence-corrected chi connectivity index (χ3v) is 2.61. The molecule has 0 unspecified atom stereocenters. The predicted octanol–water partition coefficient (Wildman–Crippen LogP) is 1.76. The highest BCUT2D eigenvalue weighted by Gasteiger charge is 2.08. The third kappa shape index (κ3) is 4.56. The number of anilines is 1. The molecular formula is C11H17ClN4O. The molecule has 6 heteroatoms. The number of carbonyl (C=O) groups excluding carboxylic acids is 1. The lowest BCUT2D eigenvalue weighted by atomic mass is 10.2. The Morgan fingerprint density at radius 3 is 2.94 bits per heavy atom. The molecule has 0 aliphatic heterocycles. The number of nitrogens with one attached hydrogen (secondary N) is 1. The SMILES string of the molecule is CCCc1c(Cl)ncnc1NCCCC(N)=O. The Labute approximate surface area is 106 Å². The van der Waals surface area contributed by atoms with E-state index in [4.69, 9.17) is 17.3 Å². The topological polar surface area (TPSA) is 80.9 Å². The van der Waals surface area contributed by atoms with Gasteiger partial charge in [0.25, 0.3) is 0 Å². The molecular weight excluding hydrogens is 240 g/mol. The van der Waals surface area contributed by atoms with Crippen molar-refractivity contribution in [3.8, 4) is 0 Å². The van der Waals surface area contributed by atoms with Crippen LogP contribution in [0.2, 0.25) is 5.15 Å². The molecule has 0 saturated carbocycles. The molecule has 1 heterocycles. The van der Waals surface area contributed by atoms with E-state index >= 15 is 0 Å². The van der Waals surface area contributed by atoms with Crippen molar-refractivity contribution in [3.05, 3.63) is 17.0 Å². The highest BCUT2D eigenvalue weighted by molar-refractivity contribution is 6.30. The van der Waals surface area contributed by atoms with Gasteiger partial charge in [0.15, 0.2) is 0 Å².